The van der Waals surface area contributed by atoms with E-state index in [2.05, 4.69) is 0 Å². The highest BCUT2D eigenvalue weighted by Gasteiger charge is 2.34. The lowest BCUT2D eigenvalue weighted by molar-refractivity contribution is -0.137. The largest absolute Gasteiger partial charge is 0.455 e. The Morgan fingerprint density at radius 1 is 1.19 bits per heavy atom. The first kappa shape index (κ1) is 14.7. The molecule has 0 atom stereocenters. The fraction of sp³-hybridized carbons (Fsp3) is 0.133. The molecule has 21 heavy (non-hydrogen) atoms. The highest BCUT2D eigenvalue weighted by Crippen LogP contribution is 2.37. The zero-order valence-electron chi connectivity index (χ0n) is 11.0. The van der Waals surface area contributed by atoms with Crippen molar-refractivity contribution in [3.63, 3.8) is 0 Å². The van der Waals surface area contributed by atoms with E-state index < -0.39 is 17.3 Å². The number of hydrogen-bond acceptors (Lipinski definition) is 3. The maximum Gasteiger partial charge on any atom is 0.417 e. The molecule has 0 fully saturated rings. The summed E-state index contributed by atoms with van der Waals surface area (Å²) in [5.74, 6) is 0.276. The van der Waals surface area contributed by atoms with Crippen molar-refractivity contribution in [2.45, 2.75) is 13.1 Å². The van der Waals surface area contributed by atoms with Gasteiger partial charge in [0, 0.05) is 0 Å². The van der Waals surface area contributed by atoms with Crippen molar-refractivity contribution in [2.24, 2.45) is 0 Å². The van der Waals surface area contributed by atoms with Gasteiger partial charge in [0.15, 0.2) is 5.75 Å². The predicted molar refractivity (Wildman–Crippen MR) is 71.8 cm³/mol. The number of benzene rings is 2. The van der Waals surface area contributed by atoms with Gasteiger partial charge in [-0.15, -0.1) is 0 Å². The van der Waals surface area contributed by atoms with E-state index in [1.165, 1.54) is 12.1 Å². The smallest absolute Gasteiger partial charge is 0.417 e. The van der Waals surface area contributed by atoms with E-state index in [0.717, 1.165) is 12.1 Å². The van der Waals surface area contributed by atoms with Crippen LogP contribution in [-0.4, -0.2) is 0 Å². The molecule has 108 valence electrons. The number of anilines is 1. The second kappa shape index (κ2) is 5.37. The molecule has 0 heterocycles. The summed E-state index contributed by atoms with van der Waals surface area (Å²) in [7, 11) is 0. The number of nitrogens with two attached hydrogens (primary N) is 1. The minimum absolute atomic E-state index is 0.0256. The molecule has 0 radical (unpaired) electrons. The highest BCUT2D eigenvalue weighted by molar-refractivity contribution is 5.58. The molecule has 2 rings (SSSR count). The number of para-hydroxylation sites is 1. The lowest BCUT2D eigenvalue weighted by Crippen LogP contribution is -2.08. The number of alkyl halides is 3. The minimum Gasteiger partial charge on any atom is -0.455 e. The van der Waals surface area contributed by atoms with Crippen molar-refractivity contribution in [1.29, 1.82) is 5.26 Å². The van der Waals surface area contributed by atoms with Crippen LogP contribution < -0.4 is 10.5 Å². The van der Waals surface area contributed by atoms with Crippen molar-refractivity contribution in [1.82, 2.24) is 0 Å². The maximum atomic E-state index is 12.9. The van der Waals surface area contributed by atoms with Crippen LogP contribution in [0.5, 0.6) is 11.5 Å². The molecule has 0 unspecified atom stereocenters. The van der Waals surface area contributed by atoms with Crippen LogP contribution in [0, 0.1) is 18.3 Å². The van der Waals surface area contributed by atoms with Crippen LogP contribution in [0.15, 0.2) is 36.4 Å². The van der Waals surface area contributed by atoms with E-state index >= 15 is 0 Å². The Balaban J connectivity index is 2.45. The molecule has 2 N–H and O–H groups in total. The molecule has 0 aliphatic carbocycles. The zero-order chi connectivity index (χ0) is 15.6. The van der Waals surface area contributed by atoms with Gasteiger partial charge in [-0.2, -0.15) is 18.4 Å². The zero-order valence-corrected chi connectivity index (χ0v) is 11.0. The molecule has 0 bridgehead atoms. The lowest BCUT2D eigenvalue weighted by atomic mass is 10.1. The molecule has 0 aliphatic rings. The number of rotatable bonds is 2. The van der Waals surface area contributed by atoms with Gasteiger partial charge >= 0.3 is 6.18 Å². The Bertz CT molecular complexity index is 698. The SMILES string of the molecule is Cc1cccc(N)c1Oc1ccc(C#N)c(C(F)(F)F)c1. The van der Waals surface area contributed by atoms with Crippen LogP contribution in [-0.2, 0) is 6.18 Å². The van der Waals surface area contributed by atoms with Crippen molar-refractivity contribution < 1.29 is 17.9 Å². The standard InChI is InChI=1S/C15H11F3N2O/c1-9-3-2-4-13(20)14(9)21-11-6-5-10(8-19)12(7-11)15(16,17)18/h2-7H,20H2,1H3. The van der Waals surface area contributed by atoms with Gasteiger partial charge in [0.1, 0.15) is 5.75 Å². The first-order valence-corrected chi connectivity index (χ1v) is 5.97. The Morgan fingerprint density at radius 2 is 1.90 bits per heavy atom. The minimum atomic E-state index is -4.62. The van der Waals surface area contributed by atoms with Crippen molar-refractivity contribution in [2.75, 3.05) is 5.73 Å². The molecule has 3 nitrogen and oxygen atoms in total. The maximum absolute atomic E-state index is 12.9. The molecule has 0 spiro atoms. The number of hydrogen-bond donors (Lipinski definition) is 1. The summed E-state index contributed by atoms with van der Waals surface area (Å²) in [6.07, 6.45) is -4.62. The summed E-state index contributed by atoms with van der Waals surface area (Å²) in [4.78, 5) is 0. The molecule has 2 aromatic carbocycles. The Morgan fingerprint density at radius 3 is 2.48 bits per heavy atom. The molecule has 0 aliphatic heterocycles. The number of nitrogens with zero attached hydrogens (tertiary/aromatic N) is 1. The second-order valence-corrected chi connectivity index (χ2v) is 4.41. The van der Waals surface area contributed by atoms with Gasteiger partial charge in [-0.25, -0.2) is 0 Å². The molecule has 6 heteroatoms. The van der Waals surface area contributed by atoms with E-state index in [1.807, 2.05) is 0 Å². The predicted octanol–water partition coefficient (Wildman–Crippen LogP) is 4.26. The van der Waals surface area contributed by atoms with Gasteiger partial charge in [-0.05, 0) is 36.8 Å². The average molecular weight is 292 g/mol. The van der Waals surface area contributed by atoms with E-state index in [-0.39, 0.29) is 5.75 Å². The molecular formula is C15H11F3N2O. The van der Waals surface area contributed by atoms with Gasteiger partial charge in [-0.1, -0.05) is 12.1 Å². The number of nitrogen functional groups attached to an aromatic ring is 1. The molecule has 0 aromatic heterocycles. The number of nitriles is 1. The second-order valence-electron chi connectivity index (χ2n) is 4.41. The first-order chi connectivity index (χ1) is 9.82. The summed E-state index contributed by atoms with van der Waals surface area (Å²) in [6, 6.07) is 9.74. The number of halogens is 3. The third-order valence-electron chi connectivity index (χ3n) is 2.88. The van der Waals surface area contributed by atoms with Gasteiger partial charge in [0.25, 0.3) is 0 Å². The van der Waals surface area contributed by atoms with Crippen LogP contribution >= 0.6 is 0 Å². The van der Waals surface area contributed by atoms with Crippen LogP contribution in [0.4, 0.5) is 18.9 Å². The average Bonchev–Trinajstić information content (AvgIpc) is 2.42. The Hall–Kier alpha value is -2.68. The van der Waals surface area contributed by atoms with E-state index in [9.17, 15) is 13.2 Å². The highest BCUT2D eigenvalue weighted by atomic mass is 19.4. The van der Waals surface area contributed by atoms with Crippen molar-refractivity contribution in [3.8, 4) is 17.6 Å². The molecule has 0 saturated carbocycles. The van der Waals surface area contributed by atoms with E-state index in [1.54, 1.807) is 25.1 Å². The summed E-state index contributed by atoms with van der Waals surface area (Å²) in [6.45, 7) is 1.74. The third kappa shape index (κ3) is 3.08. The first-order valence-electron chi connectivity index (χ1n) is 5.97. The third-order valence-corrected chi connectivity index (χ3v) is 2.88. The van der Waals surface area contributed by atoms with E-state index in [0.29, 0.717) is 17.0 Å². The fourth-order valence-corrected chi connectivity index (χ4v) is 1.85. The Kier molecular flexibility index (Phi) is 3.76. The fourth-order valence-electron chi connectivity index (χ4n) is 1.85. The van der Waals surface area contributed by atoms with Crippen LogP contribution in [0.2, 0.25) is 0 Å². The molecular weight excluding hydrogens is 281 g/mol. The monoisotopic (exact) mass is 292 g/mol. The normalized spacial score (nSPS) is 11.0. The van der Waals surface area contributed by atoms with Gasteiger partial charge in [0.2, 0.25) is 0 Å². The molecule has 2 aromatic rings. The summed E-state index contributed by atoms with van der Waals surface area (Å²) in [5, 5.41) is 8.74. The number of aryl methyl sites for hydroxylation is 1. The summed E-state index contributed by atoms with van der Waals surface area (Å²) >= 11 is 0. The quantitative estimate of drug-likeness (QED) is 0.841. The molecule has 0 saturated heterocycles. The topological polar surface area (TPSA) is 59.0 Å². The van der Waals surface area contributed by atoms with Crippen LogP contribution in [0.3, 0.4) is 0 Å². The van der Waals surface area contributed by atoms with Gasteiger partial charge < -0.3 is 10.5 Å². The lowest BCUT2D eigenvalue weighted by Gasteiger charge is -2.14. The van der Waals surface area contributed by atoms with Crippen molar-refractivity contribution in [3.05, 3.63) is 53.1 Å². The summed E-state index contributed by atoms with van der Waals surface area (Å²) < 4.78 is 44.1. The number of ether oxygens (including phenoxy) is 1. The molecule has 0 amide bonds. The van der Waals surface area contributed by atoms with Crippen molar-refractivity contribution >= 4 is 5.69 Å². The van der Waals surface area contributed by atoms with Gasteiger partial charge in [-0.3, -0.25) is 0 Å². The van der Waals surface area contributed by atoms with Crippen LogP contribution in [0.25, 0.3) is 0 Å². The summed E-state index contributed by atoms with van der Waals surface area (Å²) in [5.41, 5.74) is 5.29. The van der Waals surface area contributed by atoms with Crippen LogP contribution in [0.1, 0.15) is 16.7 Å². The van der Waals surface area contributed by atoms with E-state index in [4.69, 9.17) is 15.7 Å². The Labute approximate surface area is 119 Å². The van der Waals surface area contributed by atoms with Gasteiger partial charge in [0.05, 0.1) is 22.9 Å².